The third kappa shape index (κ3) is 6.03. The molecule has 7 rings (SSSR count). The Balaban J connectivity index is 1.21. The first-order valence-corrected chi connectivity index (χ1v) is 16.1. The van der Waals surface area contributed by atoms with Gasteiger partial charge in [0.05, 0.1) is 11.2 Å². The van der Waals surface area contributed by atoms with Gasteiger partial charge in [-0.2, -0.15) is 0 Å². The molecular formula is C40H39BN2O3. The molecule has 0 radical (unpaired) electrons. The van der Waals surface area contributed by atoms with Crippen molar-refractivity contribution in [2.24, 2.45) is 15.9 Å². The van der Waals surface area contributed by atoms with Gasteiger partial charge in [-0.15, -0.1) is 0 Å². The van der Waals surface area contributed by atoms with Gasteiger partial charge in [0.25, 0.3) is 0 Å². The third-order valence-electron chi connectivity index (χ3n) is 9.43. The van der Waals surface area contributed by atoms with E-state index >= 15 is 0 Å². The SMILES string of the molecule is CC1(C)OB(c2ccc3oc4cccc(/C=N/C(=N\CC5C=C(C6=CC=CC=CC6)C=CC5)c5ccccc5)c4c3c2)OC1(C)C. The van der Waals surface area contributed by atoms with E-state index in [9.17, 15) is 0 Å². The molecule has 6 heteroatoms. The minimum Gasteiger partial charge on any atom is -0.456 e. The summed E-state index contributed by atoms with van der Waals surface area (Å²) in [4.78, 5) is 10.1. The van der Waals surface area contributed by atoms with Crippen LogP contribution in [0.25, 0.3) is 21.9 Å². The summed E-state index contributed by atoms with van der Waals surface area (Å²) in [5, 5.41) is 2.02. The Morgan fingerprint density at radius 2 is 1.72 bits per heavy atom. The molecule has 1 fully saturated rings. The fraction of sp³-hybridized carbons (Fsp3) is 0.250. The van der Waals surface area contributed by atoms with Crippen LogP contribution in [0.5, 0.6) is 0 Å². The predicted molar refractivity (Wildman–Crippen MR) is 191 cm³/mol. The molecule has 0 amide bonds. The zero-order chi connectivity index (χ0) is 31.7. The van der Waals surface area contributed by atoms with Crippen molar-refractivity contribution in [3.63, 3.8) is 0 Å². The molecule has 1 atom stereocenters. The van der Waals surface area contributed by atoms with Crippen LogP contribution in [0.2, 0.25) is 0 Å². The van der Waals surface area contributed by atoms with Gasteiger partial charge < -0.3 is 13.7 Å². The topological polar surface area (TPSA) is 56.3 Å². The highest BCUT2D eigenvalue weighted by Gasteiger charge is 2.51. The lowest BCUT2D eigenvalue weighted by molar-refractivity contribution is 0.00578. The highest BCUT2D eigenvalue weighted by molar-refractivity contribution is 6.62. The smallest absolute Gasteiger partial charge is 0.456 e. The van der Waals surface area contributed by atoms with Gasteiger partial charge >= 0.3 is 7.12 Å². The van der Waals surface area contributed by atoms with Crippen molar-refractivity contribution in [1.82, 2.24) is 0 Å². The molecule has 230 valence electrons. The number of rotatable bonds is 6. The molecule has 1 unspecified atom stereocenters. The lowest BCUT2D eigenvalue weighted by Crippen LogP contribution is -2.41. The van der Waals surface area contributed by atoms with E-state index in [1.54, 1.807) is 0 Å². The molecule has 0 N–H and O–H groups in total. The average molecular weight is 607 g/mol. The zero-order valence-corrected chi connectivity index (χ0v) is 26.9. The van der Waals surface area contributed by atoms with Gasteiger partial charge in [0, 0.05) is 40.6 Å². The fourth-order valence-electron chi connectivity index (χ4n) is 6.11. The molecule has 2 heterocycles. The summed E-state index contributed by atoms with van der Waals surface area (Å²) < 4.78 is 19.0. The first-order chi connectivity index (χ1) is 22.3. The maximum absolute atomic E-state index is 6.36. The van der Waals surface area contributed by atoms with E-state index in [1.165, 1.54) is 11.1 Å². The van der Waals surface area contributed by atoms with Crippen molar-refractivity contribution in [2.75, 3.05) is 6.54 Å². The highest BCUT2D eigenvalue weighted by Crippen LogP contribution is 2.37. The second-order valence-electron chi connectivity index (χ2n) is 13.2. The van der Waals surface area contributed by atoms with Gasteiger partial charge in [0.1, 0.15) is 11.2 Å². The largest absolute Gasteiger partial charge is 0.494 e. The first-order valence-electron chi connectivity index (χ1n) is 16.1. The number of furan rings is 1. The van der Waals surface area contributed by atoms with Crippen LogP contribution in [0.4, 0.5) is 0 Å². The highest BCUT2D eigenvalue weighted by atomic mass is 16.7. The van der Waals surface area contributed by atoms with E-state index < -0.39 is 18.3 Å². The molecule has 46 heavy (non-hydrogen) atoms. The van der Waals surface area contributed by atoms with Gasteiger partial charge in [-0.1, -0.05) is 103 Å². The molecule has 0 bridgehead atoms. The van der Waals surface area contributed by atoms with E-state index in [4.69, 9.17) is 23.7 Å². The maximum Gasteiger partial charge on any atom is 0.494 e. The summed E-state index contributed by atoms with van der Waals surface area (Å²) in [7, 11) is -0.451. The van der Waals surface area contributed by atoms with Gasteiger partial charge in [-0.25, -0.2) is 4.99 Å². The van der Waals surface area contributed by atoms with E-state index in [0.717, 1.165) is 51.4 Å². The van der Waals surface area contributed by atoms with Crippen molar-refractivity contribution < 1.29 is 13.7 Å². The zero-order valence-electron chi connectivity index (χ0n) is 26.9. The quantitative estimate of drug-likeness (QED) is 0.125. The monoisotopic (exact) mass is 606 g/mol. The number of hydrogen-bond acceptors (Lipinski definition) is 4. The van der Waals surface area contributed by atoms with E-state index in [0.29, 0.717) is 18.3 Å². The molecule has 1 saturated heterocycles. The minimum absolute atomic E-state index is 0.306. The van der Waals surface area contributed by atoms with E-state index in [-0.39, 0.29) is 0 Å². The van der Waals surface area contributed by atoms with Crippen molar-refractivity contribution in [3.8, 4) is 0 Å². The van der Waals surface area contributed by atoms with Crippen LogP contribution in [0.1, 0.15) is 51.7 Å². The normalized spacial score (nSPS) is 20.9. The Labute approximate surface area is 271 Å². The maximum atomic E-state index is 6.36. The average Bonchev–Trinajstić information content (AvgIpc) is 3.37. The van der Waals surface area contributed by atoms with Crippen LogP contribution in [0, 0.1) is 5.92 Å². The Morgan fingerprint density at radius 1 is 0.891 bits per heavy atom. The van der Waals surface area contributed by atoms with Crippen LogP contribution in [-0.2, 0) is 9.31 Å². The summed E-state index contributed by atoms with van der Waals surface area (Å²) in [5.74, 6) is 1.02. The van der Waals surface area contributed by atoms with Gasteiger partial charge in [0.2, 0.25) is 0 Å². The Bertz CT molecular complexity index is 1970. The Hall–Kier alpha value is -4.52. The van der Waals surface area contributed by atoms with Crippen molar-refractivity contribution in [2.45, 2.75) is 51.7 Å². The van der Waals surface area contributed by atoms with E-state index in [2.05, 4.69) is 101 Å². The summed E-state index contributed by atoms with van der Waals surface area (Å²) in [6.45, 7) is 8.95. The standard InChI is InChI=1S/C40H39BN2O3/c1-39(2)40(3,4)46-41(45-39)33-22-23-35-34(25-33)37-32(20-13-21-36(37)44-35)27-43-38(30-17-10-7-11-18-30)42-26-28-14-12-19-31(24-28)29-15-8-5-6-9-16-29/h5-13,15,17-25,27-28H,14,16,26H2,1-4H3/b42-38-,43-27+. The van der Waals surface area contributed by atoms with Crippen molar-refractivity contribution in [3.05, 3.63) is 138 Å². The summed E-state index contributed by atoms with van der Waals surface area (Å²) in [5.41, 5.74) is 6.34. The second-order valence-corrected chi connectivity index (χ2v) is 13.2. The fourth-order valence-corrected chi connectivity index (χ4v) is 6.11. The van der Waals surface area contributed by atoms with Crippen LogP contribution in [0.3, 0.4) is 0 Å². The lowest BCUT2D eigenvalue weighted by Gasteiger charge is -2.32. The van der Waals surface area contributed by atoms with Crippen LogP contribution < -0.4 is 5.46 Å². The molecule has 2 aliphatic carbocycles. The summed E-state index contributed by atoms with van der Waals surface area (Å²) in [6, 6.07) is 22.5. The molecule has 0 saturated carbocycles. The molecule has 3 aliphatic rings. The lowest BCUT2D eigenvalue weighted by atomic mass is 9.78. The number of fused-ring (bicyclic) bond motifs is 3. The molecule has 1 aliphatic heterocycles. The molecule has 1 aromatic heterocycles. The third-order valence-corrected chi connectivity index (χ3v) is 9.43. The second kappa shape index (κ2) is 12.4. The van der Waals surface area contributed by atoms with Crippen LogP contribution in [-0.4, -0.2) is 36.9 Å². The van der Waals surface area contributed by atoms with E-state index in [1.807, 2.05) is 48.7 Å². The number of amidine groups is 1. The van der Waals surface area contributed by atoms with Crippen LogP contribution in [0.15, 0.2) is 141 Å². The Morgan fingerprint density at radius 3 is 2.54 bits per heavy atom. The van der Waals surface area contributed by atoms with Gasteiger partial charge in [-0.3, -0.25) is 4.99 Å². The van der Waals surface area contributed by atoms with Gasteiger partial charge in [0.15, 0.2) is 5.84 Å². The number of nitrogens with zero attached hydrogens (tertiary/aromatic N) is 2. The molecule has 4 aromatic rings. The molecule has 0 spiro atoms. The summed E-state index contributed by atoms with van der Waals surface area (Å²) >= 11 is 0. The number of benzene rings is 3. The first kappa shape index (κ1) is 30.2. The predicted octanol–water partition coefficient (Wildman–Crippen LogP) is 8.70. The number of aliphatic imine (C=N–C) groups is 2. The van der Waals surface area contributed by atoms with Crippen molar-refractivity contribution >= 4 is 46.6 Å². The molecule has 5 nitrogen and oxygen atoms in total. The van der Waals surface area contributed by atoms with Gasteiger partial charge in [-0.05, 0) is 69.3 Å². The minimum atomic E-state index is -0.451. The molecular weight excluding hydrogens is 567 g/mol. The summed E-state index contributed by atoms with van der Waals surface area (Å²) in [6.07, 6.45) is 21.4. The van der Waals surface area contributed by atoms with Crippen molar-refractivity contribution in [1.29, 1.82) is 0 Å². The number of allylic oxidation sites excluding steroid dienone is 9. The molecule has 3 aromatic carbocycles. The Kier molecular flexibility index (Phi) is 8.10. The van der Waals surface area contributed by atoms with Crippen LogP contribution >= 0.6 is 0 Å². The number of hydrogen-bond donors (Lipinski definition) is 0.